The van der Waals surface area contributed by atoms with Crippen molar-refractivity contribution in [3.63, 3.8) is 0 Å². The third-order valence-electron chi connectivity index (χ3n) is 3.58. The molecule has 1 aliphatic rings. The maximum Gasteiger partial charge on any atom is 0.254 e. The first kappa shape index (κ1) is 14.5. The van der Waals surface area contributed by atoms with Gasteiger partial charge in [-0.25, -0.2) is 4.39 Å². The summed E-state index contributed by atoms with van der Waals surface area (Å²) in [6, 6.07) is 4.39. The van der Waals surface area contributed by atoms with Crippen LogP contribution >= 0.6 is 15.9 Å². The molecule has 0 unspecified atom stereocenters. The summed E-state index contributed by atoms with van der Waals surface area (Å²) in [6.45, 7) is 2.65. The molecule has 1 aliphatic heterocycles. The SMILES string of the molecule is C[C@H](N)[C@@H]1CCCCN1C(=O)c1ccc(F)c(Br)c1. The van der Waals surface area contributed by atoms with Crippen molar-refractivity contribution in [2.24, 2.45) is 5.73 Å². The van der Waals surface area contributed by atoms with Gasteiger partial charge < -0.3 is 10.6 Å². The fourth-order valence-electron chi connectivity index (χ4n) is 2.55. The summed E-state index contributed by atoms with van der Waals surface area (Å²) in [5, 5.41) is 0. The Labute approximate surface area is 121 Å². The Morgan fingerprint density at radius 2 is 2.26 bits per heavy atom. The molecule has 2 atom stereocenters. The average Bonchev–Trinajstić information content (AvgIpc) is 2.41. The second-order valence-electron chi connectivity index (χ2n) is 5.05. The molecule has 0 saturated carbocycles. The summed E-state index contributed by atoms with van der Waals surface area (Å²) < 4.78 is 13.5. The summed E-state index contributed by atoms with van der Waals surface area (Å²) in [6.07, 6.45) is 3.03. The van der Waals surface area contributed by atoms with Gasteiger partial charge in [-0.3, -0.25) is 4.79 Å². The number of halogens is 2. The highest BCUT2D eigenvalue weighted by Gasteiger charge is 2.29. The van der Waals surface area contributed by atoms with E-state index in [1.165, 1.54) is 18.2 Å². The zero-order chi connectivity index (χ0) is 14.0. The topological polar surface area (TPSA) is 46.3 Å². The van der Waals surface area contributed by atoms with Gasteiger partial charge in [0.25, 0.3) is 5.91 Å². The van der Waals surface area contributed by atoms with Crippen LogP contribution in [0.1, 0.15) is 36.5 Å². The lowest BCUT2D eigenvalue weighted by molar-refractivity contribution is 0.0583. The average molecular weight is 329 g/mol. The normalized spacial score (nSPS) is 21.3. The highest BCUT2D eigenvalue weighted by atomic mass is 79.9. The maximum atomic E-state index is 13.2. The highest BCUT2D eigenvalue weighted by Crippen LogP contribution is 2.23. The van der Waals surface area contributed by atoms with Crippen molar-refractivity contribution in [2.45, 2.75) is 38.3 Å². The molecular weight excluding hydrogens is 311 g/mol. The number of benzene rings is 1. The quantitative estimate of drug-likeness (QED) is 0.907. The number of hydrogen-bond donors (Lipinski definition) is 1. The molecule has 1 saturated heterocycles. The van der Waals surface area contributed by atoms with E-state index in [0.29, 0.717) is 10.0 Å². The van der Waals surface area contributed by atoms with Crippen molar-refractivity contribution in [3.8, 4) is 0 Å². The number of amides is 1. The molecule has 2 N–H and O–H groups in total. The molecule has 1 amide bonds. The Balaban J connectivity index is 2.23. The van der Waals surface area contributed by atoms with E-state index in [4.69, 9.17) is 5.73 Å². The van der Waals surface area contributed by atoms with Gasteiger partial charge in [-0.05, 0) is 60.3 Å². The molecule has 0 bridgehead atoms. The van der Waals surface area contributed by atoms with Crippen molar-refractivity contribution in [1.29, 1.82) is 0 Å². The number of carbonyl (C=O) groups is 1. The molecule has 19 heavy (non-hydrogen) atoms. The van der Waals surface area contributed by atoms with E-state index in [9.17, 15) is 9.18 Å². The smallest absolute Gasteiger partial charge is 0.254 e. The molecule has 1 aromatic carbocycles. The summed E-state index contributed by atoms with van der Waals surface area (Å²) in [4.78, 5) is 14.3. The predicted molar refractivity (Wildman–Crippen MR) is 76.4 cm³/mol. The van der Waals surface area contributed by atoms with Crippen LogP contribution in [0.4, 0.5) is 4.39 Å². The Hall–Kier alpha value is -0.940. The van der Waals surface area contributed by atoms with E-state index in [-0.39, 0.29) is 23.8 Å². The van der Waals surface area contributed by atoms with Gasteiger partial charge in [0.1, 0.15) is 5.82 Å². The van der Waals surface area contributed by atoms with E-state index in [2.05, 4.69) is 15.9 Å². The number of likely N-dealkylation sites (tertiary alicyclic amines) is 1. The van der Waals surface area contributed by atoms with Crippen molar-refractivity contribution < 1.29 is 9.18 Å². The highest BCUT2D eigenvalue weighted by molar-refractivity contribution is 9.10. The van der Waals surface area contributed by atoms with Gasteiger partial charge in [0, 0.05) is 24.2 Å². The minimum Gasteiger partial charge on any atom is -0.334 e. The Kier molecular flexibility index (Phi) is 4.58. The largest absolute Gasteiger partial charge is 0.334 e. The van der Waals surface area contributed by atoms with Crippen LogP contribution in [-0.4, -0.2) is 29.4 Å². The molecule has 0 radical (unpaired) electrons. The van der Waals surface area contributed by atoms with E-state index in [0.717, 1.165) is 25.8 Å². The molecule has 1 fully saturated rings. The van der Waals surface area contributed by atoms with Crippen molar-refractivity contribution >= 4 is 21.8 Å². The zero-order valence-corrected chi connectivity index (χ0v) is 12.5. The number of hydrogen-bond acceptors (Lipinski definition) is 2. The fraction of sp³-hybridized carbons (Fsp3) is 0.500. The van der Waals surface area contributed by atoms with E-state index in [1.54, 1.807) is 0 Å². The van der Waals surface area contributed by atoms with Crippen LogP contribution in [0.5, 0.6) is 0 Å². The lowest BCUT2D eigenvalue weighted by Gasteiger charge is -2.38. The minimum atomic E-state index is -0.362. The van der Waals surface area contributed by atoms with Crippen LogP contribution in [0.15, 0.2) is 22.7 Å². The van der Waals surface area contributed by atoms with Crippen LogP contribution < -0.4 is 5.73 Å². The van der Waals surface area contributed by atoms with Gasteiger partial charge in [-0.1, -0.05) is 0 Å². The second-order valence-corrected chi connectivity index (χ2v) is 5.90. The predicted octanol–water partition coefficient (Wildman–Crippen LogP) is 2.93. The first-order chi connectivity index (χ1) is 9.00. The van der Waals surface area contributed by atoms with Gasteiger partial charge in [0.2, 0.25) is 0 Å². The number of rotatable bonds is 2. The van der Waals surface area contributed by atoms with Crippen molar-refractivity contribution in [3.05, 3.63) is 34.1 Å². The van der Waals surface area contributed by atoms with Gasteiger partial charge in [0.05, 0.1) is 4.47 Å². The molecule has 3 nitrogen and oxygen atoms in total. The monoisotopic (exact) mass is 328 g/mol. The van der Waals surface area contributed by atoms with Gasteiger partial charge in [-0.2, -0.15) is 0 Å². The lowest BCUT2D eigenvalue weighted by Crippen LogP contribution is -2.51. The van der Waals surface area contributed by atoms with Crippen LogP contribution in [0, 0.1) is 5.82 Å². The Morgan fingerprint density at radius 1 is 1.53 bits per heavy atom. The zero-order valence-electron chi connectivity index (χ0n) is 10.9. The fourth-order valence-corrected chi connectivity index (χ4v) is 2.93. The molecule has 1 heterocycles. The first-order valence-corrected chi connectivity index (χ1v) is 7.31. The van der Waals surface area contributed by atoms with Crippen LogP contribution in [0.2, 0.25) is 0 Å². The van der Waals surface area contributed by atoms with Crippen LogP contribution in [-0.2, 0) is 0 Å². The minimum absolute atomic E-state index is 0.0480. The molecule has 0 aliphatic carbocycles. The summed E-state index contributed by atoms with van der Waals surface area (Å²) in [7, 11) is 0. The molecule has 5 heteroatoms. The molecular formula is C14H18BrFN2O. The third kappa shape index (κ3) is 3.15. The number of nitrogens with zero attached hydrogens (tertiary/aromatic N) is 1. The summed E-state index contributed by atoms with van der Waals surface area (Å²) in [5.41, 5.74) is 6.47. The second kappa shape index (κ2) is 6.01. The molecule has 2 rings (SSSR count). The third-order valence-corrected chi connectivity index (χ3v) is 4.19. The standard InChI is InChI=1S/C14H18BrFN2O/c1-9(17)13-4-2-3-7-18(13)14(19)10-5-6-12(16)11(15)8-10/h5-6,8-9,13H,2-4,7,17H2,1H3/t9-,13-/m0/s1. The van der Waals surface area contributed by atoms with Gasteiger partial charge in [-0.15, -0.1) is 0 Å². The van der Waals surface area contributed by atoms with Crippen LogP contribution in [0.3, 0.4) is 0 Å². The maximum absolute atomic E-state index is 13.2. The first-order valence-electron chi connectivity index (χ1n) is 6.52. The van der Waals surface area contributed by atoms with Crippen LogP contribution in [0.25, 0.3) is 0 Å². The Bertz CT molecular complexity index is 479. The molecule has 1 aromatic rings. The molecule has 0 spiro atoms. The number of carbonyl (C=O) groups excluding carboxylic acids is 1. The molecule has 104 valence electrons. The number of piperidine rings is 1. The van der Waals surface area contributed by atoms with Crippen molar-refractivity contribution in [2.75, 3.05) is 6.54 Å². The lowest BCUT2D eigenvalue weighted by atomic mass is 9.96. The summed E-state index contributed by atoms with van der Waals surface area (Å²) in [5.74, 6) is -0.429. The summed E-state index contributed by atoms with van der Waals surface area (Å²) >= 11 is 3.11. The van der Waals surface area contributed by atoms with E-state index >= 15 is 0 Å². The van der Waals surface area contributed by atoms with Gasteiger partial charge in [0.15, 0.2) is 0 Å². The Morgan fingerprint density at radius 3 is 2.89 bits per heavy atom. The number of nitrogens with two attached hydrogens (primary N) is 1. The van der Waals surface area contributed by atoms with Crippen molar-refractivity contribution in [1.82, 2.24) is 4.90 Å². The van der Waals surface area contributed by atoms with E-state index in [1.807, 2.05) is 11.8 Å². The van der Waals surface area contributed by atoms with Gasteiger partial charge >= 0.3 is 0 Å². The van der Waals surface area contributed by atoms with E-state index < -0.39 is 0 Å². The molecule has 0 aromatic heterocycles.